The number of aliphatic hydroxyl groups is 1. The Kier molecular flexibility index (Phi) is 8.75. The van der Waals surface area contributed by atoms with Crippen LogP contribution in [0.25, 0.3) is 0 Å². The van der Waals surface area contributed by atoms with Gasteiger partial charge in [0.1, 0.15) is 0 Å². The first-order valence-corrected chi connectivity index (χ1v) is 2.15. The zero-order valence-electron chi connectivity index (χ0n) is 4.75. The number of aliphatic hydroxyl groups excluding tert-OH is 1. The van der Waals surface area contributed by atoms with Crippen molar-refractivity contribution in [2.24, 2.45) is 0 Å². The van der Waals surface area contributed by atoms with E-state index in [2.05, 4.69) is 9.78 Å². The van der Waals surface area contributed by atoms with E-state index in [1.807, 2.05) is 0 Å². The van der Waals surface area contributed by atoms with E-state index in [0.29, 0.717) is 0 Å². The maximum absolute atomic E-state index is 9.89. The van der Waals surface area contributed by atoms with Gasteiger partial charge in [-0.05, 0) is 6.92 Å². The molecule has 0 spiro atoms. The van der Waals surface area contributed by atoms with Crippen molar-refractivity contribution in [2.75, 3.05) is 0 Å². The Morgan fingerprint density at radius 1 is 1.67 bits per heavy atom. The van der Waals surface area contributed by atoms with Gasteiger partial charge in [-0.15, -0.1) is 0 Å². The van der Waals surface area contributed by atoms with E-state index < -0.39 is 12.3 Å². The minimum absolute atomic E-state index is 0. The summed E-state index contributed by atoms with van der Waals surface area (Å²) in [5.74, 6) is -0.578. The van der Waals surface area contributed by atoms with Crippen molar-refractivity contribution >= 4 is 35.5 Å². The topological polar surface area (TPSA) is 55.8 Å². The number of hydrogen-bond donors (Lipinski definition) is 1. The van der Waals surface area contributed by atoms with Crippen LogP contribution < -0.4 is 0 Å². The molecule has 0 aromatic rings. The zero-order valence-corrected chi connectivity index (χ0v) is 4.75. The fourth-order valence-electron chi connectivity index (χ4n) is 0.137. The fraction of sp³-hybridized carbons (Fsp3) is 0.750. The molecule has 1 N–H and O–H groups in total. The summed E-state index contributed by atoms with van der Waals surface area (Å²) in [6.45, 7) is 2.52. The van der Waals surface area contributed by atoms with Crippen molar-refractivity contribution < 1.29 is 19.7 Å². The van der Waals surface area contributed by atoms with Gasteiger partial charge in [-0.3, -0.25) is 4.89 Å². The summed E-state index contributed by atoms with van der Waals surface area (Å²) in [5.41, 5.74) is 0. The van der Waals surface area contributed by atoms with Gasteiger partial charge in [-0.2, -0.15) is 4.89 Å². The monoisotopic (exact) mass is 144 g/mol. The fourth-order valence-corrected chi connectivity index (χ4v) is 0.137. The molecule has 1 unspecified atom stereocenters. The van der Waals surface area contributed by atoms with Gasteiger partial charge in [0.05, 0.1) is 0 Å². The molecule has 0 rings (SSSR count). The van der Waals surface area contributed by atoms with Gasteiger partial charge < -0.3 is 5.11 Å². The van der Waals surface area contributed by atoms with Crippen LogP contribution in [-0.4, -0.2) is 46.9 Å². The van der Waals surface area contributed by atoms with E-state index in [1.54, 1.807) is 0 Å². The van der Waals surface area contributed by atoms with Crippen LogP contribution in [0, 0.1) is 0 Å². The molecule has 50 valence electrons. The summed E-state index contributed by atoms with van der Waals surface area (Å²) < 4.78 is 0. The molecule has 5 heteroatoms. The molecular weight excluding hydrogens is 135 g/mol. The molecule has 0 saturated heterocycles. The molecule has 9 heavy (non-hydrogen) atoms. The average Bonchev–Trinajstić information content (AvgIpc) is 1.61. The van der Waals surface area contributed by atoms with E-state index in [-0.39, 0.29) is 29.6 Å². The summed E-state index contributed by atoms with van der Waals surface area (Å²) >= 11 is 0. The van der Waals surface area contributed by atoms with E-state index in [1.165, 1.54) is 13.8 Å². The van der Waals surface area contributed by atoms with Crippen molar-refractivity contribution in [2.45, 2.75) is 20.1 Å². The molecule has 0 amide bonds. The predicted octanol–water partition coefficient (Wildman–Crippen LogP) is -0.829. The minimum atomic E-state index is -1.06. The molecule has 0 heterocycles. The quantitative estimate of drug-likeness (QED) is 0.238. The average molecular weight is 144 g/mol. The summed E-state index contributed by atoms with van der Waals surface area (Å²) in [4.78, 5) is 17.8. The molecule has 0 aromatic carbocycles. The predicted molar refractivity (Wildman–Crippen MR) is 31.7 cm³/mol. The number of carbonyl (C=O) groups excluding carboxylic acids is 1. The van der Waals surface area contributed by atoms with Gasteiger partial charge in [-0.1, -0.05) is 0 Å². The SMILES string of the molecule is CC(=O)OOC(C)O.[NaH]. The van der Waals surface area contributed by atoms with Crippen molar-refractivity contribution in [1.82, 2.24) is 0 Å². The Bertz CT molecular complexity index is 82.6. The van der Waals surface area contributed by atoms with E-state index in [9.17, 15) is 4.79 Å². The van der Waals surface area contributed by atoms with Crippen molar-refractivity contribution in [3.63, 3.8) is 0 Å². The Balaban J connectivity index is 0. The summed E-state index contributed by atoms with van der Waals surface area (Å²) in [6, 6.07) is 0. The van der Waals surface area contributed by atoms with Crippen molar-refractivity contribution in [1.29, 1.82) is 0 Å². The standard InChI is InChI=1S/C4H8O4.Na.H/c1-3(5)7-8-4(2)6;;/h3,5H,1-2H3;;. The molecule has 0 aliphatic carbocycles. The zero-order chi connectivity index (χ0) is 6.57. The van der Waals surface area contributed by atoms with Crippen LogP contribution in [0.3, 0.4) is 0 Å². The van der Waals surface area contributed by atoms with E-state index >= 15 is 0 Å². The van der Waals surface area contributed by atoms with E-state index in [0.717, 1.165) is 0 Å². The van der Waals surface area contributed by atoms with Crippen LogP contribution in [0.1, 0.15) is 13.8 Å². The summed E-state index contributed by atoms with van der Waals surface area (Å²) in [7, 11) is 0. The molecule has 0 bridgehead atoms. The van der Waals surface area contributed by atoms with Crippen LogP contribution in [0.4, 0.5) is 0 Å². The second-order valence-corrected chi connectivity index (χ2v) is 1.27. The van der Waals surface area contributed by atoms with Crippen LogP contribution in [0.15, 0.2) is 0 Å². The number of carbonyl (C=O) groups is 1. The second kappa shape index (κ2) is 6.51. The summed E-state index contributed by atoms with van der Waals surface area (Å²) in [6.07, 6.45) is -1.06. The first-order valence-electron chi connectivity index (χ1n) is 2.15. The Morgan fingerprint density at radius 3 is 2.22 bits per heavy atom. The molecule has 0 aromatic heterocycles. The third-order valence-corrected chi connectivity index (χ3v) is 0.305. The van der Waals surface area contributed by atoms with Gasteiger partial charge in [0.15, 0.2) is 6.29 Å². The molecule has 0 saturated carbocycles. The molecule has 0 fully saturated rings. The Hall–Kier alpha value is 0.390. The Labute approximate surface area is 75.4 Å². The molecule has 1 atom stereocenters. The van der Waals surface area contributed by atoms with Gasteiger partial charge in [0.2, 0.25) is 0 Å². The van der Waals surface area contributed by atoms with Crippen LogP contribution in [0.5, 0.6) is 0 Å². The van der Waals surface area contributed by atoms with Gasteiger partial charge in [0.25, 0.3) is 0 Å². The molecule has 0 radical (unpaired) electrons. The third-order valence-electron chi connectivity index (χ3n) is 0.305. The van der Waals surface area contributed by atoms with Crippen molar-refractivity contribution in [3.05, 3.63) is 0 Å². The van der Waals surface area contributed by atoms with Crippen LogP contribution >= 0.6 is 0 Å². The van der Waals surface area contributed by atoms with E-state index in [4.69, 9.17) is 5.11 Å². The van der Waals surface area contributed by atoms with Gasteiger partial charge >= 0.3 is 35.5 Å². The summed E-state index contributed by atoms with van der Waals surface area (Å²) in [5, 5.41) is 8.30. The van der Waals surface area contributed by atoms with Crippen LogP contribution in [0.2, 0.25) is 0 Å². The van der Waals surface area contributed by atoms with Gasteiger partial charge in [-0.25, -0.2) is 4.79 Å². The number of rotatable bonds is 2. The molecule has 0 aliphatic heterocycles. The normalized spacial score (nSPS) is 11.4. The third kappa shape index (κ3) is 11.8. The Morgan fingerprint density at radius 2 is 2.11 bits per heavy atom. The first kappa shape index (κ1) is 12.1. The molecule has 4 nitrogen and oxygen atoms in total. The molecular formula is C4H9NaO4. The number of hydrogen-bond acceptors (Lipinski definition) is 4. The van der Waals surface area contributed by atoms with Gasteiger partial charge in [0, 0.05) is 6.92 Å². The first-order chi connectivity index (χ1) is 3.63. The second-order valence-electron chi connectivity index (χ2n) is 1.27. The molecule has 0 aliphatic rings. The van der Waals surface area contributed by atoms with Crippen molar-refractivity contribution in [3.8, 4) is 0 Å². The van der Waals surface area contributed by atoms with Crippen LogP contribution in [-0.2, 0) is 14.6 Å². The maximum atomic E-state index is 9.89.